The average molecular weight is 233 g/mol. The molecule has 0 saturated carbocycles. The first-order valence-corrected chi connectivity index (χ1v) is 7.99. The van der Waals surface area contributed by atoms with Crippen LogP contribution in [0.4, 0.5) is 0 Å². The molecule has 1 aliphatic rings. The van der Waals surface area contributed by atoms with Crippen molar-refractivity contribution in [1.82, 2.24) is 5.32 Å². The van der Waals surface area contributed by atoms with Gasteiger partial charge in [-0.25, -0.2) is 0 Å². The Morgan fingerprint density at radius 3 is 3.00 bits per heavy atom. The molecule has 1 N–H and O–H groups in total. The van der Waals surface area contributed by atoms with Gasteiger partial charge in [0.05, 0.1) is 0 Å². The molecule has 3 heteroatoms. The van der Waals surface area contributed by atoms with E-state index in [2.05, 4.69) is 42.7 Å². The molecular formula is C11H23NS2. The van der Waals surface area contributed by atoms with Gasteiger partial charge in [0.15, 0.2) is 0 Å². The van der Waals surface area contributed by atoms with Crippen molar-refractivity contribution in [1.29, 1.82) is 0 Å². The van der Waals surface area contributed by atoms with Crippen LogP contribution in [0.25, 0.3) is 0 Å². The number of hydrogen-bond donors (Lipinski definition) is 1. The zero-order chi connectivity index (χ0) is 10.2. The molecule has 84 valence electrons. The van der Waals surface area contributed by atoms with Gasteiger partial charge in [0.2, 0.25) is 0 Å². The molecule has 1 fully saturated rings. The summed E-state index contributed by atoms with van der Waals surface area (Å²) in [6, 6.07) is 0.815. The Hall–Kier alpha value is 0.660. The highest BCUT2D eigenvalue weighted by atomic mass is 32.2. The first-order valence-electron chi connectivity index (χ1n) is 5.68. The van der Waals surface area contributed by atoms with Gasteiger partial charge < -0.3 is 5.32 Å². The molecule has 1 nitrogen and oxygen atoms in total. The number of hydrogen-bond acceptors (Lipinski definition) is 3. The van der Waals surface area contributed by atoms with Gasteiger partial charge in [-0.3, -0.25) is 0 Å². The molecule has 0 amide bonds. The van der Waals surface area contributed by atoms with Crippen LogP contribution >= 0.6 is 23.5 Å². The minimum atomic E-state index is 0.815. The van der Waals surface area contributed by atoms with Crippen molar-refractivity contribution in [3.8, 4) is 0 Å². The minimum Gasteiger partial charge on any atom is -0.313 e. The Balaban J connectivity index is 1.79. The van der Waals surface area contributed by atoms with E-state index >= 15 is 0 Å². The minimum absolute atomic E-state index is 0.815. The van der Waals surface area contributed by atoms with Crippen LogP contribution in [0.5, 0.6) is 0 Å². The Morgan fingerprint density at radius 2 is 2.36 bits per heavy atom. The molecule has 0 aliphatic carbocycles. The topological polar surface area (TPSA) is 12.0 Å². The lowest BCUT2D eigenvalue weighted by molar-refractivity contribution is 0.557. The number of thioether (sulfide) groups is 2. The molecule has 0 radical (unpaired) electrons. The third kappa shape index (κ3) is 6.20. The molecule has 0 bridgehead atoms. The summed E-state index contributed by atoms with van der Waals surface area (Å²) < 4.78 is 0. The summed E-state index contributed by atoms with van der Waals surface area (Å²) in [5.41, 5.74) is 0. The molecule has 1 rings (SSSR count). The fraction of sp³-hybridized carbons (Fsp3) is 1.00. The van der Waals surface area contributed by atoms with E-state index in [4.69, 9.17) is 0 Å². The third-order valence-electron chi connectivity index (χ3n) is 2.28. The van der Waals surface area contributed by atoms with Crippen molar-refractivity contribution >= 4 is 23.5 Å². The molecule has 14 heavy (non-hydrogen) atoms. The third-order valence-corrected chi connectivity index (χ3v) is 4.92. The van der Waals surface area contributed by atoms with Crippen molar-refractivity contribution in [3.05, 3.63) is 0 Å². The van der Waals surface area contributed by atoms with Gasteiger partial charge in [-0.15, -0.1) is 0 Å². The maximum absolute atomic E-state index is 3.64. The normalized spacial score (nSPS) is 22.1. The lowest BCUT2D eigenvalue weighted by Crippen LogP contribution is -2.29. The Morgan fingerprint density at radius 1 is 1.50 bits per heavy atom. The monoisotopic (exact) mass is 233 g/mol. The zero-order valence-corrected chi connectivity index (χ0v) is 11.1. The van der Waals surface area contributed by atoms with Crippen LogP contribution in [-0.2, 0) is 0 Å². The lowest BCUT2D eigenvalue weighted by Gasteiger charge is -2.10. The molecule has 1 saturated heterocycles. The van der Waals surface area contributed by atoms with E-state index in [1.807, 2.05) is 0 Å². The predicted molar refractivity (Wildman–Crippen MR) is 70.5 cm³/mol. The van der Waals surface area contributed by atoms with E-state index in [-0.39, 0.29) is 0 Å². The maximum atomic E-state index is 3.64. The van der Waals surface area contributed by atoms with Gasteiger partial charge in [-0.2, -0.15) is 23.5 Å². The maximum Gasteiger partial charge on any atom is 0.0166 e. The van der Waals surface area contributed by atoms with Crippen molar-refractivity contribution < 1.29 is 0 Å². The van der Waals surface area contributed by atoms with Crippen molar-refractivity contribution in [3.63, 3.8) is 0 Å². The van der Waals surface area contributed by atoms with Gasteiger partial charge >= 0.3 is 0 Å². The van der Waals surface area contributed by atoms with Crippen LogP contribution in [0.2, 0.25) is 0 Å². The first kappa shape index (κ1) is 12.7. The predicted octanol–water partition coefficient (Wildman–Crippen LogP) is 2.86. The van der Waals surface area contributed by atoms with Crippen molar-refractivity contribution in [2.45, 2.75) is 32.7 Å². The molecule has 0 aromatic heterocycles. The molecule has 0 aromatic carbocycles. The highest BCUT2D eigenvalue weighted by molar-refractivity contribution is 7.99. The van der Waals surface area contributed by atoms with E-state index in [0.29, 0.717) is 0 Å². The van der Waals surface area contributed by atoms with Gasteiger partial charge in [-0.1, -0.05) is 13.8 Å². The van der Waals surface area contributed by atoms with Gasteiger partial charge in [0.1, 0.15) is 0 Å². The molecule has 1 unspecified atom stereocenters. The molecular weight excluding hydrogens is 210 g/mol. The second kappa shape index (κ2) is 7.89. The largest absolute Gasteiger partial charge is 0.313 e. The summed E-state index contributed by atoms with van der Waals surface area (Å²) in [6.07, 6.45) is 2.71. The summed E-state index contributed by atoms with van der Waals surface area (Å²) in [5, 5.41) is 3.64. The van der Waals surface area contributed by atoms with Gasteiger partial charge in [-0.05, 0) is 42.6 Å². The van der Waals surface area contributed by atoms with Crippen molar-refractivity contribution in [2.75, 3.05) is 29.6 Å². The van der Waals surface area contributed by atoms with Crippen LogP contribution in [0, 0.1) is 5.92 Å². The fourth-order valence-corrected chi connectivity index (χ4v) is 3.67. The fourth-order valence-electron chi connectivity index (χ4n) is 1.49. The Kier molecular flexibility index (Phi) is 7.17. The zero-order valence-electron chi connectivity index (χ0n) is 9.42. The highest BCUT2D eigenvalue weighted by Gasteiger charge is 2.13. The summed E-state index contributed by atoms with van der Waals surface area (Å²) in [4.78, 5) is 0. The van der Waals surface area contributed by atoms with Crippen LogP contribution < -0.4 is 5.32 Å². The van der Waals surface area contributed by atoms with E-state index < -0.39 is 0 Å². The average Bonchev–Trinajstić information content (AvgIpc) is 2.63. The SMILES string of the molecule is CC(C)CSCCCNC1CCSC1. The molecule has 0 spiro atoms. The molecule has 1 atom stereocenters. The second-order valence-corrected chi connectivity index (χ2v) is 6.64. The molecule has 1 aliphatic heterocycles. The second-order valence-electron chi connectivity index (χ2n) is 4.34. The van der Waals surface area contributed by atoms with Gasteiger partial charge in [0.25, 0.3) is 0 Å². The lowest BCUT2D eigenvalue weighted by atomic mass is 10.2. The number of rotatable bonds is 7. The summed E-state index contributed by atoms with van der Waals surface area (Å²) in [7, 11) is 0. The van der Waals surface area contributed by atoms with E-state index in [1.165, 1.54) is 42.4 Å². The molecule has 1 heterocycles. The molecule has 0 aromatic rings. The quantitative estimate of drug-likeness (QED) is 0.679. The standard InChI is InChI=1S/C11H23NS2/c1-10(2)8-13-6-3-5-12-11-4-7-14-9-11/h10-12H,3-9H2,1-2H3. The van der Waals surface area contributed by atoms with Crippen LogP contribution in [-0.4, -0.2) is 35.6 Å². The summed E-state index contributed by atoms with van der Waals surface area (Å²) in [6.45, 7) is 5.80. The van der Waals surface area contributed by atoms with E-state index in [1.54, 1.807) is 0 Å². The number of nitrogens with one attached hydrogen (secondary N) is 1. The van der Waals surface area contributed by atoms with Gasteiger partial charge in [0, 0.05) is 11.8 Å². The van der Waals surface area contributed by atoms with Crippen molar-refractivity contribution in [2.24, 2.45) is 5.92 Å². The summed E-state index contributed by atoms with van der Waals surface area (Å²) >= 11 is 4.19. The Bertz CT molecular complexity index is 133. The summed E-state index contributed by atoms with van der Waals surface area (Å²) in [5.74, 6) is 6.18. The highest BCUT2D eigenvalue weighted by Crippen LogP contribution is 2.17. The van der Waals surface area contributed by atoms with E-state index in [9.17, 15) is 0 Å². The smallest absolute Gasteiger partial charge is 0.0166 e. The van der Waals surface area contributed by atoms with Crippen LogP contribution in [0.3, 0.4) is 0 Å². The Labute approximate surface area is 97.2 Å². The first-order chi connectivity index (χ1) is 6.79. The van der Waals surface area contributed by atoms with Crippen LogP contribution in [0.15, 0.2) is 0 Å². The van der Waals surface area contributed by atoms with Crippen LogP contribution in [0.1, 0.15) is 26.7 Å². The van der Waals surface area contributed by atoms with E-state index in [0.717, 1.165) is 12.0 Å².